The summed E-state index contributed by atoms with van der Waals surface area (Å²) in [6.07, 6.45) is 5.03. The number of benzene rings is 1. The number of pyridine rings is 2. The van der Waals surface area contributed by atoms with Gasteiger partial charge in [-0.15, -0.1) is 0 Å². The van der Waals surface area contributed by atoms with Crippen molar-refractivity contribution in [3.05, 3.63) is 66.1 Å². The maximum atomic E-state index is 12.8. The molecule has 1 aliphatic rings. The van der Waals surface area contributed by atoms with Crippen molar-refractivity contribution in [2.24, 2.45) is 11.6 Å². The van der Waals surface area contributed by atoms with Crippen molar-refractivity contribution in [2.75, 3.05) is 44.4 Å². The van der Waals surface area contributed by atoms with Crippen molar-refractivity contribution in [2.45, 2.75) is 6.04 Å². The van der Waals surface area contributed by atoms with Gasteiger partial charge in [0, 0.05) is 55.7 Å². The van der Waals surface area contributed by atoms with Gasteiger partial charge in [0.25, 0.3) is 5.91 Å². The minimum atomic E-state index is -0.231. The van der Waals surface area contributed by atoms with Gasteiger partial charge in [0.1, 0.15) is 11.6 Å². The summed E-state index contributed by atoms with van der Waals surface area (Å²) in [6, 6.07) is 11.6. The van der Waals surface area contributed by atoms with Crippen LogP contribution in [-0.4, -0.2) is 66.1 Å². The normalized spacial score (nSPS) is 14.5. The number of aromatic nitrogens is 2. The van der Waals surface area contributed by atoms with Crippen molar-refractivity contribution < 1.29 is 4.79 Å². The Hall–Kier alpha value is -3.69. The van der Waals surface area contributed by atoms with E-state index in [1.165, 1.54) is 5.01 Å². The van der Waals surface area contributed by atoms with E-state index in [-0.39, 0.29) is 5.91 Å². The van der Waals surface area contributed by atoms with E-state index in [0.717, 1.165) is 35.2 Å². The van der Waals surface area contributed by atoms with E-state index in [9.17, 15) is 4.79 Å². The molecular formula is C23H28N8O. The third kappa shape index (κ3) is 4.63. The molecule has 0 spiro atoms. The first kappa shape index (κ1) is 21.5. The molecule has 9 heteroatoms. The summed E-state index contributed by atoms with van der Waals surface area (Å²) in [7, 11) is 5.85. The zero-order valence-electron chi connectivity index (χ0n) is 18.5. The SMILES string of the molecule is CN(N)/C=C(\N)c1ccc2cnc(NC(=O)c3ccnc(N4CC(N(C)C)C4)c3)cc2c1. The Morgan fingerprint density at radius 1 is 1.09 bits per heavy atom. The van der Waals surface area contributed by atoms with E-state index in [2.05, 4.69) is 39.2 Å². The lowest BCUT2D eigenvalue weighted by Gasteiger charge is -2.43. The number of nitrogens with two attached hydrogens (primary N) is 2. The average Bonchev–Trinajstić information content (AvgIpc) is 2.71. The van der Waals surface area contributed by atoms with Crippen LogP contribution in [0.3, 0.4) is 0 Å². The third-order valence-corrected chi connectivity index (χ3v) is 5.56. The van der Waals surface area contributed by atoms with Crippen LogP contribution >= 0.6 is 0 Å². The fraction of sp³-hybridized carbons (Fsp3) is 0.261. The number of carbonyl (C=O) groups is 1. The van der Waals surface area contributed by atoms with Crippen LogP contribution in [0, 0.1) is 0 Å². The van der Waals surface area contributed by atoms with Gasteiger partial charge in [-0.05, 0) is 49.3 Å². The Morgan fingerprint density at radius 3 is 2.59 bits per heavy atom. The Morgan fingerprint density at radius 2 is 1.88 bits per heavy atom. The van der Waals surface area contributed by atoms with Gasteiger partial charge in [0.05, 0.1) is 5.70 Å². The maximum absolute atomic E-state index is 12.8. The zero-order chi connectivity index (χ0) is 22.8. The van der Waals surface area contributed by atoms with Crippen LogP contribution in [-0.2, 0) is 0 Å². The highest BCUT2D eigenvalue weighted by molar-refractivity contribution is 6.05. The second-order valence-corrected chi connectivity index (χ2v) is 8.26. The van der Waals surface area contributed by atoms with E-state index in [1.54, 1.807) is 31.7 Å². The second kappa shape index (κ2) is 8.81. The lowest BCUT2D eigenvalue weighted by molar-refractivity contribution is 0.102. The van der Waals surface area contributed by atoms with Crippen LogP contribution in [0.2, 0.25) is 0 Å². The molecule has 0 saturated carbocycles. The van der Waals surface area contributed by atoms with Gasteiger partial charge in [-0.2, -0.15) is 0 Å². The molecule has 5 N–H and O–H groups in total. The summed E-state index contributed by atoms with van der Waals surface area (Å²) in [5.41, 5.74) is 8.03. The largest absolute Gasteiger partial charge is 0.397 e. The number of likely N-dealkylation sites (N-methyl/N-ethyl adjacent to an activating group) is 1. The summed E-state index contributed by atoms with van der Waals surface area (Å²) in [5, 5.41) is 6.14. The van der Waals surface area contributed by atoms with E-state index in [0.29, 0.717) is 23.1 Å². The monoisotopic (exact) mass is 432 g/mol. The van der Waals surface area contributed by atoms with Crippen molar-refractivity contribution in [3.8, 4) is 0 Å². The highest BCUT2D eigenvalue weighted by Crippen LogP contribution is 2.23. The van der Waals surface area contributed by atoms with E-state index in [4.69, 9.17) is 11.6 Å². The van der Waals surface area contributed by atoms with Gasteiger partial charge >= 0.3 is 0 Å². The average molecular weight is 433 g/mol. The molecule has 1 fully saturated rings. The number of carbonyl (C=O) groups excluding carboxylic acids is 1. The number of anilines is 2. The first-order valence-corrected chi connectivity index (χ1v) is 10.3. The highest BCUT2D eigenvalue weighted by atomic mass is 16.1. The molecule has 1 aromatic carbocycles. The summed E-state index contributed by atoms with van der Waals surface area (Å²) in [4.78, 5) is 26.0. The van der Waals surface area contributed by atoms with E-state index >= 15 is 0 Å². The predicted molar refractivity (Wildman–Crippen MR) is 128 cm³/mol. The van der Waals surface area contributed by atoms with Crippen molar-refractivity contribution in [3.63, 3.8) is 0 Å². The van der Waals surface area contributed by atoms with Crippen LogP contribution in [0.4, 0.5) is 11.6 Å². The number of amides is 1. The second-order valence-electron chi connectivity index (χ2n) is 8.26. The molecule has 166 valence electrons. The lowest BCUT2D eigenvalue weighted by Crippen LogP contribution is -2.57. The number of nitrogens with one attached hydrogen (secondary N) is 1. The quantitative estimate of drug-likeness (QED) is 0.398. The van der Waals surface area contributed by atoms with Crippen LogP contribution in [0.25, 0.3) is 16.5 Å². The Balaban J connectivity index is 1.50. The molecule has 0 unspecified atom stereocenters. The Bertz CT molecular complexity index is 1170. The van der Waals surface area contributed by atoms with Gasteiger partial charge in [-0.1, -0.05) is 12.1 Å². The first-order valence-electron chi connectivity index (χ1n) is 10.3. The lowest BCUT2D eigenvalue weighted by atomic mass is 10.1. The smallest absolute Gasteiger partial charge is 0.257 e. The molecule has 1 aliphatic heterocycles. The van der Waals surface area contributed by atoms with Crippen LogP contribution in [0.1, 0.15) is 15.9 Å². The number of hydrogen-bond acceptors (Lipinski definition) is 8. The van der Waals surface area contributed by atoms with Gasteiger partial charge in [0.2, 0.25) is 0 Å². The van der Waals surface area contributed by atoms with Gasteiger partial charge in [0.15, 0.2) is 0 Å². The number of hydrazine groups is 1. The first-order chi connectivity index (χ1) is 15.3. The van der Waals surface area contributed by atoms with E-state index in [1.807, 2.05) is 30.3 Å². The number of hydrogen-bond donors (Lipinski definition) is 3. The maximum Gasteiger partial charge on any atom is 0.257 e. The van der Waals surface area contributed by atoms with Crippen LogP contribution in [0.5, 0.6) is 0 Å². The Kier molecular flexibility index (Phi) is 5.93. The molecule has 2 aromatic heterocycles. The predicted octanol–water partition coefficient (Wildman–Crippen LogP) is 1.69. The summed E-state index contributed by atoms with van der Waals surface area (Å²) >= 11 is 0. The topological polar surface area (TPSA) is 117 Å². The number of rotatable bonds is 6. The minimum Gasteiger partial charge on any atom is -0.397 e. The molecule has 0 aliphatic carbocycles. The molecule has 9 nitrogen and oxygen atoms in total. The standard InChI is InChI=1S/C23H28N8O/c1-29(2)19-12-31(13-19)22-10-16(6-7-26-22)23(32)28-21-9-18-8-15(20(24)14-30(3)25)4-5-17(18)11-27-21/h4-11,14,19H,12-13,24-25H2,1-3H3,(H,27,28,32)/b20-14-. The van der Waals surface area contributed by atoms with Gasteiger partial charge in [-0.25, -0.2) is 15.8 Å². The molecule has 3 aromatic rings. The molecule has 1 amide bonds. The molecule has 4 rings (SSSR count). The number of nitrogens with zero attached hydrogens (tertiary/aromatic N) is 5. The van der Waals surface area contributed by atoms with Crippen molar-refractivity contribution in [1.29, 1.82) is 0 Å². The van der Waals surface area contributed by atoms with Gasteiger partial charge < -0.3 is 25.9 Å². The van der Waals surface area contributed by atoms with E-state index < -0.39 is 0 Å². The summed E-state index contributed by atoms with van der Waals surface area (Å²) in [5.74, 6) is 6.69. The summed E-state index contributed by atoms with van der Waals surface area (Å²) < 4.78 is 0. The molecular weight excluding hydrogens is 404 g/mol. The zero-order valence-corrected chi connectivity index (χ0v) is 18.5. The Labute approximate surface area is 187 Å². The number of fused-ring (bicyclic) bond motifs is 1. The summed E-state index contributed by atoms with van der Waals surface area (Å²) in [6.45, 7) is 1.80. The molecule has 0 atom stereocenters. The fourth-order valence-electron chi connectivity index (χ4n) is 3.57. The fourth-order valence-corrected chi connectivity index (χ4v) is 3.57. The van der Waals surface area contributed by atoms with Crippen molar-refractivity contribution >= 4 is 34.0 Å². The van der Waals surface area contributed by atoms with Gasteiger partial charge in [-0.3, -0.25) is 4.79 Å². The van der Waals surface area contributed by atoms with Crippen LogP contribution < -0.4 is 21.8 Å². The van der Waals surface area contributed by atoms with Crippen LogP contribution in [0.15, 0.2) is 55.0 Å². The van der Waals surface area contributed by atoms with Crippen molar-refractivity contribution in [1.82, 2.24) is 19.9 Å². The minimum absolute atomic E-state index is 0.231. The molecule has 3 heterocycles. The molecule has 0 bridgehead atoms. The molecule has 32 heavy (non-hydrogen) atoms. The third-order valence-electron chi connectivity index (χ3n) is 5.56. The molecule has 1 saturated heterocycles. The molecule has 0 radical (unpaired) electrons. The highest BCUT2D eigenvalue weighted by Gasteiger charge is 2.29.